The van der Waals surface area contributed by atoms with Crippen molar-refractivity contribution >= 4 is 6.09 Å². The zero-order chi connectivity index (χ0) is 13.2. The molecule has 0 bridgehead atoms. The summed E-state index contributed by atoms with van der Waals surface area (Å²) in [5.74, 6) is 0.246. The highest BCUT2D eigenvalue weighted by molar-refractivity contribution is 5.71. The Balaban J connectivity index is 2.00. The van der Waals surface area contributed by atoms with E-state index in [4.69, 9.17) is 4.74 Å². The summed E-state index contributed by atoms with van der Waals surface area (Å²) in [6.45, 7) is -1.26. The Hall–Kier alpha value is -1.72. The molecule has 0 atom stereocenters. The first-order chi connectivity index (χ1) is 8.46. The van der Waals surface area contributed by atoms with Gasteiger partial charge in [0.1, 0.15) is 12.3 Å². The van der Waals surface area contributed by atoms with Gasteiger partial charge in [0.2, 0.25) is 0 Å². The summed E-state index contributed by atoms with van der Waals surface area (Å²) in [5, 5.41) is 0. The van der Waals surface area contributed by atoms with Crippen LogP contribution in [0.25, 0.3) is 0 Å². The summed E-state index contributed by atoms with van der Waals surface area (Å²) in [4.78, 5) is 12.4. The maximum Gasteiger partial charge on any atom is 0.415 e. The number of nitrogens with zero attached hydrogens (tertiary/aromatic N) is 1. The van der Waals surface area contributed by atoms with Gasteiger partial charge in [-0.1, -0.05) is 18.2 Å². The molecule has 1 aliphatic rings. The van der Waals surface area contributed by atoms with Gasteiger partial charge in [0.05, 0.1) is 0 Å². The van der Waals surface area contributed by atoms with E-state index in [2.05, 4.69) is 0 Å². The molecule has 1 aliphatic carbocycles. The van der Waals surface area contributed by atoms with E-state index in [0.717, 1.165) is 4.90 Å². The zero-order valence-corrected chi connectivity index (χ0v) is 9.48. The van der Waals surface area contributed by atoms with E-state index in [1.54, 1.807) is 18.2 Å². The van der Waals surface area contributed by atoms with Crippen molar-refractivity contribution in [1.29, 1.82) is 0 Å². The Bertz CT molecular complexity index is 415. The molecule has 3 nitrogen and oxygen atoms in total. The average molecular weight is 259 g/mol. The second-order valence-electron chi connectivity index (χ2n) is 4.16. The van der Waals surface area contributed by atoms with E-state index < -0.39 is 18.8 Å². The number of carbonyl (C=O) groups is 1. The fourth-order valence-electron chi connectivity index (χ4n) is 1.57. The number of benzene rings is 1. The third-order valence-electron chi connectivity index (χ3n) is 2.52. The number of hydrogen-bond acceptors (Lipinski definition) is 2. The molecule has 98 valence electrons. The van der Waals surface area contributed by atoms with Gasteiger partial charge in [-0.15, -0.1) is 0 Å². The van der Waals surface area contributed by atoms with Crippen molar-refractivity contribution in [3.8, 4) is 5.75 Å². The molecule has 1 amide bonds. The Morgan fingerprint density at radius 1 is 1.28 bits per heavy atom. The number of halogens is 3. The molecule has 0 heterocycles. The molecule has 6 heteroatoms. The summed E-state index contributed by atoms with van der Waals surface area (Å²) in [6.07, 6.45) is -4.15. The second-order valence-corrected chi connectivity index (χ2v) is 4.16. The van der Waals surface area contributed by atoms with Gasteiger partial charge in [-0.3, -0.25) is 4.90 Å². The lowest BCUT2D eigenvalue weighted by atomic mass is 10.3. The number of alkyl halides is 3. The predicted molar refractivity (Wildman–Crippen MR) is 58.2 cm³/mol. The average Bonchev–Trinajstić information content (AvgIpc) is 3.10. The van der Waals surface area contributed by atoms with Gasteiger partial charge < -0.3 is 4.74 Å². The van der Waals surface area contributed by atoms with Crippen molar-refractivity contribution in [3.05, 3.63) is 30.3 Å². The van der Waals surface area contributed by atoms with Crippen molar-refractivity contribution in [2.75, 3.05) is 6.54 Å². The SMILES string of the molecule is O=C(Oc1ccccc1)N(CC(F)(F)F)C1CC1. The van der Waals surface area contributed by atoms with Crippen LogP contribution < -0.4 is 4.74 Å². The lowest BCUT2D eigenvalue weighted by Gasteiger charge is -2.22. The van der Waals surface area contributed by atoms with E-state index >= 15 is 0 Å². The van der Waals surface area contributed by atoms with Crippen LogP contribution in [-0.4, -0.2) is 29.8 Å². The molecule has 2 rings (SSSR count). The fourth-order valence-corrected chi connectivity index (χ4v) is 1.57. The smallest absolute Gasteiger partial charge is 0.410 e. The van der Waals surface area contributed by atoms with Gasteiger partial charge in [-0.2, -0.15) is 13.2 Å². The van der Waals surface area contributed by atoms with Crippen molar-refractivity contribution in [3.63, 3.8) is 0 Å². The summed E-state index contributed by atoms with van der Waals surface area (Å²) in [6, 6.07) is 7.73. The Morgan fingerprint density at radius 2 is 1.89 bits per heavy atom. The maximum absolute atomic E-state index is 12.3. The minimum absolute atomic E-state index is 0.246. The third-order valence-corrected chi connectivity index (χ3v) is 2.52. The van der Waals surface area contributed by atoms with Crippen LogP contribution in [0.15, 0.2) is 30.3 Å². The Kier molecular flexibility index (Phi) is 3.45. The van der Waals surface area contributed by atoms with Gasteiger partial charge in [-0.05, 0) is 25.0 Å². The van der Waals surface area contributed by atoms with Crippen LogP contribution in [0, 0.1) is 0 Å². The molecule has 0 spiro atoms. The quantitative estimate of drug-likeness (QED) is 0.834. The number of rotatable bonds is 3. The minimum atomic E-state index is -4.40. The van der Waals surface area contributed by atoms with Crippen LogP contribution in [0.2, 0.25) is 0 Å². The number of hydrogen-bond donors (Lipinski definition) is 0. The van der Waals surface area contributed by atoms with Crippen LogP contribution >= 0.6 is 0 Å². The van der Waals surface area contributed by atoms with Crippen molar-refractivity contribution in [2.45, 2.75) is 25.1 Å². The molecule has 1 fully saturated rings. The number of amides is 1. The molecule has 0 N–H and O–H groups in total. The molecular weight excluding hydrogens is 247 g/mol. The minimum Gasteiger partial charge on any atom is -0.410 e. The van der Waals surface area contributed by atoms with E-state index in [1.165, 1.54) is 12.1 Å². The van der Waals surface area contributed by atoms with Crippen LogP contribution in [0.1, 0.15) is 12.8 Å². The largest absolute Gasteiger partial charge is 0.415 e. The fraction of sp³-hybridized carbons (Fsp3) is 0.417. The first kappa shape index (κ1) is 12.7. The zero-order valence-electron chi connectivity index (χ0n) is 9.48. The third kappa shape index (κ3) is 3.65. The van der Waals surface area contributed by atoms with Crippen LogP contribution in [-0.2, 0) is 0 Å². The van der Waals surface area contributed by atoms with E-state index in [-0.39, 0.29) is 11.8 Å². The Morgan fingerprint density at radius 3 is 2.39 bits per heavy atom. The topological polar surface area (TPSA) is 29.5 Å². The molecule has 0 unspecified atom stereocenters. The summed E-state index contributed by atoms with van der Waals surface area (Å²) < 4.78 is 41.9. The van der Waals surface area contributed by atoms with Gasteiger partial charge in [0.25, 0.3) is 0 Å². The standard InChI is InChI=1S/C12H12F3NO2/c13-12(14,15)8-16(9-6-7-9)11(17)18-10-4-2-1-3-5-10/h1-5,9H,6-8H2. The van der Waals surface area contributed by atoms with Gasteiger partial charge in [0.15, 0.2) is 0 Å². The van der Waals surface area contributed by atoms with Gasteiger partial charge in [-0.25, -0.2) is 4.79 Å². The van der Waals surface area contributed by atoms with E-state index in [1.807, 2.05) is 0 Å². The van der Waals surface area contributed by atoms with Gasteiger partial charge >= 0.3 is 12.3 Å². The lowest BCUT2D eigenvalue weighted by Crippen LogP contribution is -2.42. The van der Waals surface area contributed by atoms with Crippen LogP contribution in [0.3, 0.4) is 0 Å². The van der Waals surface area contributed by atoms with E-state index in [0.29, 0.717) is 12.8 Å². The molecule has 18 heavy (non-hydrogen) atoms. The molecule has 1 aromatic carbocycles. The summed E-state index contributed by atoms with van der Waals surface area (Å²) in [7, 11) is 0. The molecule has 0 saturated heterocycles. The maximum atomic E-state index is 12.3. The Labute approximate surface area is 102 Å². The number of ether oxygens (including phenoxy) is 1. The number of para-hydroxylation sites is 1. The predicted octanol–water partition coefficient (Wildman–Crippen LogP) is 3.21. The molecular formula is C12H12F3NO2. The molecule has 0 aliphatic heterocycles. The molecule has 0 aromatic heterocycles. The highest BCUT2D eigenvalue weighted by atomic mass is 19.4. The second kappa shape index (κ2) is 4.88. The summed E-state index contributed by atoms with van der Waals surface area (Å²) >= 11 is 0. The first-order valence-electron chi connectivity index (χ1n) is 5.56. The summed E-state index contributed by atoms with van der Waals surface area (Å²) in [5.41, 5.74) is 0. The van der Waals surface area contributed by atoms with Crippen molar-refractivity contribution < 1.29 is 22.7 Å². The van der Waals surface area contributed by atoms with Crippen molar-refractivity contribution in [1.82, 2.24) is 4.90 Å². The van der Waals surface area contributed by atoms with Crippen LogP contribution in [0.5, 0.6) is 5.75 Å². The van der Waals surface area contributed by atoms with Crippen LogP contribution in [0.4, 0.5) is 18.0 Å². The highest BCUT2D eigenvalue weighted by Gasteiger charge is 2.41. The number of carbonyl (C=O) groups excluding carboxylic acids is 1. The van der Waals surface area contributed by atoms with E-state index in [9.17, 15) is 18.0 Å². The lowest BCUT2D eigenvalue weighted by molar-refractivity contribution is -0.142. The monoisotopic (exact) mass is 259 g/mol. The highest BCUT2D eigenvalue weighted by Crippen LogP contribution is 2.30. The molecule has 1 aromatic rings. The molecule has 1 saturated carbocycles. The normalized spacial score (nSPS) is 15.3. The van der Waals surface area contributed by atoms with Gasteiger partial charge in [0, 0.05) is 6.04 Å². The molecule has 0 radical (unpaired) electrons. The first-order valence-corrected chi connectivity index (χ1v) is 5.56. The van der Waals surface area contributed by atoms with Crippen molar-refractivity contribution in [2.24, 2.45) is 0 Å².